The van der Waals surface area contributed by atoms with Gasteiger partial charge in [0.25, 0.3) is 5.91 Å². The van der Waals surface area contributed by atoms with Crippen LogP contribution in [-0.2, 0) is 4.79 Å². The first-order chi connectivity index (χ1) is 13.9. The SMILES string of the molecule is CC(=O)N1CCCN(C(=O)c2cc(=O)[nH]c3c(F)cc(C)cc23)c2ccccc21. The van der Waals surface area contributed by atoms with E-state index in [4.69, 9.17) is 0 Å². The van der Waals surface area contributed by atoms with Crippen molar-refractivity contribution in [2.45, 2.75) is 20.3 Å². The topological polar surface area (TPSA) is 73.5 Å². The number of H-pyrrole nitrogens is 1. The summed E-state index contributed by atoms with van der Waals surface area (Å²) in [5.41, 5.74) is 1.48. The summed E-state index contributed by atoms with van der Waals surface area (Å²) in [7, 11) is 0. The Morgan fingerprint density at radius 2 is 1.69 bits per heavy atom. The lowest BCUT2D eigenvalue weighted by Gasteiger charge is -2.25. The van der Waals surface area contributed by atoms with E-state index >= 15 is 0 Å². The molecular formula is C22H20FN3O3. The molecule has 148 valence electrons. The van der Waals surface area contributed by atoms with Crippen molar-refractivity contribution in [2.24, 2.45) is 0 Å². The normalized spacial score (nSPS) is 13.9. The van der Waals surface area contributed by atoms with Crippen LogP contribution in [0, 0.1) is 12.7 Å². The van der Waals surface area contributed by atoms with Gasteiger partial charge < -0.3 is 14.8 Å². The molecule has 29 heavy (non-hydrogen) atoms. The zero-order valence-electron chi connectivity index (χ0n) is 16.2. The van der Waals surface area contributed by atoms with Crippen LogP contribution >= 0.6 is 0 Å². The monoisotopic (exact) mass is 393 g/mol. The van der Waals surface area contributed by atoms with Crippen LogP contribution in [0.1, 0.15) is 29.3 Å². The molecule has 7 heteroatoms. The molecule has 3 aromatic rings. The van der Waals surface area contributed by atoms with E-state index < -0.39 is 17.3 Å². The summed E-state index contributed by atoms with van der Waals surface area (Å²) in [4.78, 5) is 43.4. The Kier molecular flexibility index (Phi) is 4.66. The first kappa shape index (κ1) is 18.9. The van der Waals surface area contributed by atoms with Gasteiger partial charge >= 0.3 is 0 Å². The number of rotatable bonds is 1. The number of hydrogen-bond donors (Lipinski definition) is 1. The fourth-order valence-electron chi connectivity index (χ4n) is 3.86. The smallest absolute Gasteiger partial charge is 0.259 e. The summed E-state index contributed by atoms with van der Waals surface area (Å²) in [6.07, 6.45) is 0.578. The summed E-state index contributed by atoms with van der Waals surface area (Å²) < 4.78 is 14.4. The fraction of sp³-hybridized carbons (Fsp3) is 0.227. The highest BCUT2D eigenvalue weighted by atomic mass is 19.1. The zero-order chi connectivity index (χ0) is 20.7. The molecule has 0 spiro atoms. The number of nitrogens with one attached hydrogen (secondary N) is 1. The number of para-hydroxylation sites is 2. The number of amides is 2. The maximum atomic E-state index is 14.4. The number of fused-ring (bicyclic) bond motifs is 2. The number of anilines is 2. The minimum Gasteiger partial charge on any atom is -0.319 e. The molecule has 0 fully saturated rings. The van der Waals surface area contributed by atoms with E-state index in [-0.39, 0.29) is 17.0 Å². The number of aromatic nitrogens is 1. The minimum absolute atomic E-state index is 0.0138. The van der Waals surface area contributed by atoms with Gasteiger partial charge in [0.05, 0.1) is 22.5 Å². The number of carbonyl (C=O) groups is 2. The molecule has 0 saturated carbocycles. The Balaban J connectivity index is 1.90. The van der Waals surface area contributed by atoms with Crippen LogP contribution in [0.2, 0.25) is 0 Å². The van der Waals surface area contributed by atoms with Gasteiger partial charge in [-0.1, -0.05) is 12.1 Å². The third kappa shape index (κ3) is 3.29. The summed E-state index contributed by atoms with van der Waals surface area (Å²) in [5.74, 6) is -1.08. The zero-order valence-corrected chi connectivity index (χ0v) is 16.2. The van der Waals surface area contributed by atoms with E-state index in [0.29, 0.717) is 41.8 Å². The predicted octanol–water partition coefficient (Wildman–Crippen LogP) is 3.38. The molecule has 4 rings (SSSR count). The van der Waals surface area contributed by atoms with Gasteiger partial charge in [-0.05, 0) is 43.2 Å². The van der Waals surface area contributed by atoms with E-state index in [0.717, 1.165) is 0 Å². The maximum Gasteiger partial charge on any atom is 0.259 e. The molecule has 0 unspecified atom stereocenters. The number of halogens is 1. The second-order valence-corrected chi connectivity index (χ2v) is 7.19. The predicted molar refractivity (Wildman–Crippen MR) is 110 cm³/mol. The van der Waals surface area contributed by atoms with Gasteiger partial charge in [-0.25, -0.2) is 4.39 Å². The van der Waals surface area contributed by atoms with Crippen molar-refractivity contribution < 1.29 is 14.0 Å². The number of nitrogens with zero attached hydrogens (tertiary/aromatic N) is 2. The van der Waals surface area contributed by atoms with Crippen LogP contribution in [0.3, 0.4) is 0 Å². The molecular weight excluding hydrogens is 373 g/mol. The van der Waals surface area contributed by atoms with Gasteiger partial charge in [0.15, 0.2) is 0 Å². The third-order valence-corrected chi connectivity index (χ3v) is 5.13. The van der Waals surface area contributed by atoms with Crippen LogP contribution in [0.25, 0.3) is 10.9 Å². The maximum absolute atomic E-state index is 14.4. The molecule has 0 aliphatic carbocycles. The van der Waals surface area contributed by atoms with Crippen molar-refractivity contribution >= 4 is 34.1 Å². The van der Waals surface area contributed by atoms with Crippen molar-refractivity contribution in [2.75, 3.05) is 22.9 Å². The molecule has 6 nitrogen and oxygen atoms in total. The molecule has 0 radical (unpaired) electrons. The van der Waals surface area contributed by atoms with Gasteiger partial charge in [-0.15, -0.1) is 0 Å². The summed E-state index contributed by atoms with van der Waals surface area (Å²) in [6.45, 7) is 4.08. The summed E-state index contributed by atoms with van der Waals surface area (Å²) in [5, 5.41) is 0.359. The molecule has 2 heterocycles. The highest BCUT2D eigenvalue weighted by Gasteiger charge is 2.28. The molecule has 0 atom stereocenters. The Morgan fingerprint density at radius 3 is 2.38 bits per heavy atom. The number of pyridine rings is 1. The largest absolute Gasteiger partial charge is 0.319 e. The van der Waals surface area contributed by atoms with Gasteiger partial charge in [0, 0.05) is 31.5 Å². The highest BCUT2D eigenvalue weighted by Crippen LogP contribution is 2.34. The number of aryl methyl sites for hydroxylation is 1. The third-order valence-electron chi connectivity index (χ3n) is 5.13. The molecule has 0 bridgehead atoms. The Bertz CT molecular complexity index is 1200. The van der Waals surface area contributed by atoms with Crippen LogP contribution < -0.4 is 15.4 Å². The number of aromatic amines is 1. The lowest BCUT2D eigenvalue weighted by molar-refractivity contribution is -0.116. The average molecular weight is 393 g/mol. The van der Waals surface area contributed by atoms with Crippen molar-refractivity contribution in [1.29, 1.82) is 0 Å². The fourth-order valence-corrected chi connectivity index (χ4v) is 3.86. The average Bonchev–Trinajstić information content (AvgIpc) is 2.87. The molecule has 0 saturated heterocycles. The number of benzene rings is 2. The van der Waals surface area contributed by atoms with Gasteiger partial charge in [-0.2, -0.15) is 0 Å². The van der Waals surface area contributed by atoms with E-state index in [9.17, 15) is 18.8 Å². The quantitative estimate of drug-likeness (QED) is 0.689. The first-order valence-electron chi connectivity index (χ1n) is 9.39. The summed E-state index contributed by atoms with van der Waals surface area (Å²) >= 11 is 0. The van der Waals surface area contributed by atoms with Crippen LogP contribution in [0.5, 0.6) is 0 Å². The molecule has 1 aliphatic rings. The standard InChI is InChI=1S/C22H20FN3O3/c1-13-10-15-16(12-20(28)24-21(15)17(23)11-13)22(29)26-9-5-8-25(14(2)27)18-6-3-4-7-19(18)26/h3-4,6-7,10-12H,5,8-9H2,1-2H3,(H,24,28). The molecule has 1 aromatic heterocycles. The second kappa shape index (κ2) is 7.16. The minimum atomic E-state index is -0.578. The lowest BCUT2D eigenvalue weighted by atomic mass is 10.0. The lowest BCUT2D eigenvalue weighted by Crippen LogP contribution is -2.32. The van der Waals surface area contributed by atoms with E-state index in [1.807, 2.05) is 6.07 Å². The van der Waals surface area contributed by atoms with Gasteiger partial charge in [0.2, 0.25) is 11.5 Å². The second-order valence-electron chi connectivity index (χ2n) is 7.19. The van der Waals surface area contributed by atoms with Crippen molar-refractivity contribution in [3.05, 3.63) is 69.8 Å². The molecule has 2 aromatic carbocycles. The summed E-state index contributed by atoms with van der Waals surface area (Å²) in [6, 6.07) is 11.4. The van der Waals surface area contributed by atoms with E-state index in [1.165, 1.54) is 19.1 Å². The van der Waals surface area contributed by atoms with Crippen molar-refractivity contribution in [1.82, 2.24) is 4.98 Å². The van der Waals surface area contributed by atoms with E-state index in [2.05, 4.69) is 4.98 Å². The molecule has 1 N–H and O–H groups in total. The molecule has 1 aliphatic heterocycles. The van der Waals surface area contributed by atoms with Crippen molar-refractivity contribution in [3.63, 3.8) is 0 Å². The number of carbonyl (C=O) groups excluding carboxylic acids is 2. The van der Waals surface area contributed by atoms with Crippen LogP contribution in [0.4, 0.5) is 15.8 Å². The van der Waals surface area contributed by atoms with E-state index in [1.54, 1.807) is 41.0 Å². The highest BCUT2D eigenvalue weighted by molar-refractivity contribution is 6.15. The van der Waals surface area contributed by atoms with Crippen LogP contribution in [-0.4, -0.2) is 29.9 Å². The Hall–Kier alpha value is -3.48. The number of hydrogen-bond acceptors (Lipinski definition) is 3. The Morgan fingerprint density at radius 1 is 1.03 bits per heavy atom. The van der Waals surface area contributed by atoms with Crippen LogP contribution in [0.15, 0.2) is 47.3 Å². The van der Waals surface area contributed by atoms with Gasteiger partial charge in [0.1, 0.15) is 5.82 Å². The first-order valence-corrected chi connectivity index (χ1v) is 9.39. The van der Waals surface area contributed by atoms with Crippen molar-refractivity contribution in [3.8, 4) is 0 Å². The Labute approximate surface area is 166 Å². The molecule has 2 amide bonds. The van der Waals surface area contributed by atoms with Gasteiger partial charge in [-0.3, -0.25) is 14.4 Å².